The van der Waals surface area contributed by atoms with Gasteiger partial charge in [0.05, 0.1) is 24.8 Å². The van der Waals surface area contributed by atoms with E-state index in [-0.39, 0.29) is 12.3 Å². The van der Waals surface area contributed by atoms with Crippen molar-refractivity contribution in [2.45, 2.75) is 26.1 Å². The van der Waals surface area contributed by atoms with Gasteiger partial charge in [0.15, 0.2) is 12.1 Å². The van der Waals surface area contributed by atoms with E-state index in [2.05, 4.69) is 58.3 Å². The Bertz CT molecular complexity index is 1460. The summed E-state index contributed by atoms with van der Waals surface area (Å²) in [7, 11) is 0. The summed E-state index contributed by atoms with van der Waals surface area (Å²) in [6.07, 6.45) is 5.33. The van der Waals surface area contributed by atoms with Crippen molar-refractivity contribution in [2.75, 3.05) is 31.3 Å². The Labute approximate surface area is 203 Å². The van der Waals surface area contributed by atoms with Crippen LogP contribution >= 0.6 is 0 Å². The van der Waals surface area contributed by atoms with Crippen molar-refractivity contribution in [1.82, 2.24) is 24.7 Å². The molecule has 6 rings (SSSR count). The molecule has 2 aromatic carbocycles. The Hall–Kier alpha value is -3.75. The molecule has 3 aromatic heterocycles. The molecule has 1 aliphatic heterocycles. The molecule has 0 saturated carbocycles. The highest BCUT2D eigenvalue weighted by molar-refractivity contribution is 5.97. The van der Waals surface area contributed by atoms with Gasteiger partial charge in [-0.2, -0.15) is 5.10 Å². The van der Waals surface area contributed by atoms with Crippen molar-refractivity contribution in [3.8, 4) is 11.4 Å². The summed E-state index contributed by atoms with van der Waals surface area (Å²) in [5.41, 5.74) is 3.99. The van der Waals surface area contributed by atoms with Gasteiger partial charge in [0, 0.05) is 59.2 Å². The van der Waals surface area contributed by atoms with Crippen molar-refractivity contribution < 1.29 is 9.47 Å². The standard InChI is InChI=1S/C27H28N6O2/c1-3-35-27(33-13-5-11-29-33)19-8-9-24-22(16-19)26(32-14-15-34-17-18(32)2)31-25(30-24)21-6-4-7-23-20(21)10-12-28-23/h4-13,16,18,27-28H,3,14-15,17H2,1-2H3/t18-,27?/m1/s1. The highest BCUT2D eigenvalue weighted by atomic mass is 16.5. The number of anilines is 1. The van der Waals surface area contributed by atoms with Crippen LogP contribution in [-0.4, -0.2) is 57.1 Å². The Kier molecular flexibility index (Phi) is 5.67. The van der Waals surface area contributed by atoms with Gasteiger partial charge in [-0.1, -0.05) is 18.2 Å². The van der Waals surface area contributed by atoms with E-state index < -0.39 is 0 Å². The highest BCUT2D eigenvalue weighted by Gasteiger charge is 2.25. The molecule has 8 nitrogen and oxygen atoms in total. The first-order chi connectivity index (χ1) is 17.2. The average Bonchev–Trinajstić information content (AvgIpc) is 3.59. The number of H-pyrrole nitrogens is 1. The summed E-state index contributed by atoms with van der Waals surface area (Å²) in [6.45, 7) is 6.87. The zero-order valence-corrected chi connectivity index (χ0v) is 19.9. The molecular formula is C27H28N6O2. The predicted molar refractivity (Wildman–Crippen MR) is 136 cm³/mol. The zero-order valence-electron chi connectivity index (χ0n) is 19.9. The van der Waals surface area contributed by atoms with Crippen molar-refractivity contribution in [3.05, 3.63) is 72.7 Å². The number of rotatable bonds is 6. The van der Waals surface area contributed by atoms with Crippen molar-refractivity contribution >= 4 is 27.6 Å². The fraction of sp³-hybridized carbons (Fsp3) is 0.296. The number of ether oxygens (including phenoxy) is 2. The first-order valence-corrected chi connectivity index (χ1v) is 12.1. The molecule has 0 aliphatic carbocycles. The lowest BCUT2D eigenvalue weighted by Crippen LogP contribution is -2.44. The van der Waals surface area contributed by atoms with Gasteiger partial charge in [-0.25, -0.2) is 14.6 Å². The molecule has 1 saturated heterocycles. The fourth-order valence-corrected chi connectivity index (χ4v) is 4.85. The molecule has 5 aromatic rings. The number of hydrogen-bond acceptors (Lipinski definition) is 6. The SMILES string of the molecule is CCOC(c1ccc2nc(-c3cccc4[nH]ccc34)nc(N3CCOC[C@H]3C)c2c1)n1cccn1. The number of aromatic amines is 1. The molecule has 0 bridgehead atoms. The maximum Gasteiger partial charge on any atom is 0.175 e. The minimum absolute atomic E-state index is 0.204. The van der Waals surface area contributed by atoms with E-state index in [1.165, 1.54) is 0 Å². The molecule has 0 spiro atoms. The van der Waals surface area contributed by atoms with Gasteiger partial charge in [0.1, 0.15) is 5.82 Å². The molecule has 1 unspecified atom stereocenters. The van der Waals surface area contributed by atoms with E-state index in [1.54, 1.807) is 6.20 Å². The monoisotopic (exact) mass is 468 g/mol. The van der Waals surface area contributed by atoms with E-state index >= 15 is 0 Å². The molecule has 0 amide bonds. The molecule has 0 radical (unpaired) electrons. The van der Waals surface area contributed by atoms with Gasteiger partial charge in [-0.3, -0.25) is 0 Å². The van der Waals surface area contributed by atoms with Crippen LogP contribution in [0.25, 0.3) is 33.2 Å². The van der Waals surface area contributed by atoms with Gasteiger partial charge in [-0.15, -0.1) is 0 Å². The van der Waals surface area contributed by atoms with E-state index in [1.807, 2.05) is 36.1 Å². The number of nitrogens with zero attached hydrogens (tertiary/aromatic N) is 5. The van der Waals surface area contributed by atoms with Crippen LogP contribution < -0.4 is 4.90 Å². The summed E-state index contributed by atoms with van der Waals surface area (Å²) in [5, 5.41) is 6.53. The van der Waals surface area contributed by atoms with Crippen LogP contribution in [0.2, 0.25) is 0 Å². The molecule has 35 heavy (non-hydrogen) atoms. The topological polar surface area (TPSA) is 81.1 Å². The van der Waals surface area contributed by atoms with Gasteiger partial charge in [0.2, 0.25) is 0 Å². The largest absolute Gasteiger partial charge is 0.377 e. The Morgan fingerprint density at radius 3 is 2.91 bits per heavy atom. The zero-order chi connectivity index (χ0) is 23.8. The van der Waals surface area contributed by atoms with Gasteiger partial charge >= 0.3 is 0 Å². The smallest absolute Gasteiger partial charge is 0.175 e. The summed E-state index contributed by atoms with van der Waals surface area (Å²) in [4.78, 5) is 15.8. The number of hydrogen-bond donors (Lipinski definition) is 1. The molecule has 1 fully saturated rings. The minimum Gasteiger partial charge on any atom is -0.377 e. The van der Waals surface area contributed by atoms with Crippen LogP contribution in [-0.2, 0) is 9.47 Å². The third-order valence-corrected chi connectivity index (χ3v) is 6.55. The summed E-state index contributed by atoms with van der Waals surface area (Å²) < 4.78 is 13.6. The normalized spacial score (nSPS) is 17.3. The molecule has 4 heterocycles. The van der Waals surface area contributed by atoms with Crippen LogP contribution in [0, 0.1) is 0 Å². The van der Waals surface area contributed by atoms with E-state index in [9.17, 15) is 0 Å². The maximum atomic E-state index is 6.08. The van der Waals surface area contributed by atoms with Crippen LogP contribution in [0.3, 0.4) is 0 Å². The average molecular weight is 469 g/mol. The molecule has 1 aliphatic rings. The lowest BCUT2D eigenvalue weighted by atomic mass is 10.1. The van der Waals surface area contributed by atoms with Crippen LogP contribution in [0.15, 0.2) is 67.1 Å². The third-order valence-electron chi connectivity index (χ3n) is 6.55. The number of nitrogens with one attached hydrogen (secondary N) is 1. The van der Waals surface area contributed by atoms with E-state index in [0.29, 0.717) is 19.8 Å². The summed E-state index contributed by atoms with van der Waals surface area (Å²) >= 11 is 0. The van der Waals surface area contributed by atoms with Crippen molar-refractivity contribution in [2.24, 2.45) is 0 Å². The number of fused-ring (bicyclic) bond motifs is 2. The van der Waals surface area contributed by atoms with Gasteiger partial charge in [0.25, 0.3) is 0 Å². The lowest BCUT2D eigenvalue weighted by molar-refractivity contribution is 0.0323. The first kappa shape index (κ1) is 21.8. The maximum absolute atomic E-state index is 6.08. The quantitative estimate of drug-likeness (QED) is 0.386. The molecule has 178 valence electrons. The lowest BCUT2D eigenvalue weighted by Gasteiger charge is -2.35. The molecule has 2 atom stereocenters. The summed E-state index contributed by atoms with van der Waals surface area (Å²) in [6, 6.07) is 16.7. The summed E-state index contributed by atoms with van der Waals surface area (Å²) in [5.74, 6) is 1.64. The van der Waals surface area contributed by atoms with Gasteiger partial charge in [-0.05, 0) is 44.2 Å². The van der Waals surface area contributed by atoms with E-state index in [0.717, 1.165) is 51.1 Å². The predicted octanol–water partition coefficient (Wildman–Crippen LogP) is 4.78. The van der Waals surface area contributed by atoms with Gasteiger partial charge < -0.3 is 19.4 Å². The van der Waals surface area contributed by atoms with Crippen LogP contribution in [0.5, 0.6) is 0 Å². The van der Waals surface area contributed by atoms with Crippen molar-refractivity contribution in [3.63, 3.8) is 0 Å². The second-order valence-electron chi connectivity index (χ2n) is 8.80. The fourth-order valence-electron chi connectivity index (χ4n) is 4.85. The molecule has 1 N–H and O–H groups in total. The van der Waals surface area contributed by atoms with Crippen LogP contribution in [0.1, 0.15) is 25.6 Å². The number of morpholine rings is 1. The second-order valence-corrected chi connectivity index (χ2v) is 8.80. The molecule has 8 heteroatoms. The van der Waals surface area contributed by atoms with Crippen LogP contribution in [0.4, 0.5) is 5.82 Å². The molecular weight excluding hydrogens is 440 g/mol. The highest BCUT2D eigenvalue weighted by Crippen LogP contribution is 2.34. The Balaban J connectivity index is 1.55. The van der Waals surface area contributed by atoms with E-state index in [4.69, 9.17) is 19.4 Å². The Morgan fingerprint density at radius 1 is 1.14 bits per heavy atom. The third kappa shape index (κ3) is 3.94. The number of aromatic nitrogens is 5. The minimum atomic E-state index is -0.317. The Morgan fingerprint density at radius 2 is 2.09 bits per heavy atom. The second kappa shape index (κ2) is 9.13. The first-order valence-electron chi connectivity index (χ1n) is 12.1. The number of benzene rings is 2. The van der Waals surface area contributed by atoms with Crippen molar-refractivity contribution in [1.29, 1.82) is 0 Å².